The van der Waals surface area contributed by atoms with Gasteiger partial charge in [-0.3, -0.25) is 0 Å². The lowest BCUT2D eigenvalue weighted by Crippen LogP contribution is -2.28. The Balaban J connectivity index is 1.19. The Kier molecular flexibility index (Phi) is 10.7. The molecular weight excluding hydrogens is 735 g/mol. The van der Waals surface area contributed by atoms with Crippen molar-refractivity contribution in [2.45, 2.75) is 88.9 Å². The summed E-state index contributed by atoms with van der Waals surface area (Å²) in [4.78, 5) is 2.53. The molecule has 0 unspecified atom stereocenters. The summed E-state index contributed by atoms with van der Waals surface area (Å²) in [6.45, 7) is 4.66. The smallest absolute Gasteiger partial charge is 0.0714 e. The maximum atomic E-state index is 2.60. The summed E-state index contributed by atoms with van der Waals surface area (Å²) in [6.07, 6.45) is 12.6. The molecule has 0 amide bonds. The van der Waals surface area contributed by atoms with Gasteiger partial charge in [-0.2, -0.15) is 0 Å². The molecule has 0 aromatic heterocycles. The second kappa shape index (κ2) is 16.7. The van der Waals surface area contributed by atoms with E-state index in [1.807, 2.05) is 0 Å². The zero-order valence-corrected chi connectivity index (χ0v) is 35.9. The van der Waals surface area contributed by atoms with Crippen LogP contribution in [0.3, 0.4) is 0 Å². The van der Waals surface area contributed by atoms with Crippen LogP contribution in [0, 0.1) is 0 Å². The zero-order chi connectivity index (χ0) is 41.2. The highest BCUT2D eigenvalue weighted by Crippen LogP contribution is 2.59. The van der Waals surface area contributed by atoms with Gasteiger partial charge in [0.2, 0.25) is 0 Å². The fourth-order valence-corrected chi connectivity index (χ4v) is 11.3. The molecule has 0 spiro atoms. The van der Waals surface area contributed by atoms with Crippen molar-refractivity contribution in [1.82, 2.24) is 0 Å². The molecule has 0 atom stereocenters. The fraction of sp³-hybridized carbons (Fsp3) is 0.233. The third kappa shape index (κ3) is 6.61. The third-order valence-electron chi connectivity index (χ3n) is 14.1. The van der Waals surface area contributed by atoms with E-state index in [0.717, 1.165) is 0 Å². The minimum absolute atomic E-state index is 0.00311. The molecule has 2 aliphatic rings. The van der Waals surface area contributed by atoms with Crippen molar-refractivity contribution < 1.29 is 0 Å². The van der Waals surface area contributed by atoms with E-state index in [-0.39, 0.29) is 5.41 Å². The van der Waals surface area contributed by atoms with Crippen molar-refractivity contribution >= 4 is 27.8 Å². The van der Waals surface area contributed by atoms with Gasteiger partial charge in [-0.1, -0.05) is 205 Å². The van der Waals surface area contributed by atoms with Crippen molar-refractivity contribution in [3.05, 3.63) is 221 Å². The zero-order valence-electron chi connectivity index (χ0n) is 35.9. The predicted molar refractivity (Wildman–Crippen MR) is 260 cm³/mol. The standard InChI is InChI=1S/C60H57N/c1-3-5-7-22-38-59(39-23-8-6-4-2)55-33-21-20-32-51(55)52-36-34-49(42-56(52)59)61(48-30-16-11-17-31-48)50-35-37-53-54-40-44-24-18-19-25-45(44)41-57(54)60(58(53)43-50,46-26-12-9-13-27-46)47-28-14-10-15-29-47/h9-21,24-37,40-43H,3-8,22-23,38-39H2,1-2H3. The van der Waals surface area contributed by atoms with Crippen LogP contribution in [0.25, 0.3) is 33.0 Å². The molecule has 61 heavy (non-hydrogen) atoms. The second-order valence-electron chi connectivity index (χ2n) is 17.6. The van der Waals surface area contributed by atoms with Gasteiger partial charge >= 0.3 is 0 Å². The number of anilines is 3. The first kappa shape index (κ1) is 39.0. The van der Waals surface area contributed by atoms with Crippen molar-refractivity contribution in [2.75, 3.05) is 4.90 Å². The van der Waals surface area contributed by atoms with Gasteiger partial charge in [-0.15, -0.1) is 0 Å². The Hall–Kier alpha value is -6.18. The van der Waals surface area contributed by atoms with E-state index in [2.05, 4.69) is 207 Å². The van der Waals surface area contributed by atoms with Crippen LogP contribution in [0.1, 0.15) is 111 Å². The maximum absolute atomic E-state index is 2.60. The van der Waals surface area contributed by atoms with E-state index in [1.54, 1.807) is 5.56 Å². The molecule has 1 heteroatoms. The van der Waals surface area contributed by atoms with Crippen molar-refractivity contribution in [2.24, 2.45) is 0 Å². The minimum atomic E-state index is -0.513. The minimum Gasteiger partial charge on any atom is -0.310 e. The molecule has 8 aromatic rings. The van der Waals surface area contributed by atoms with E-state index in [9.17, 15) is 0 Å². The topological polar surface area (TPSA) is 3.24 Å². The van der Waals surface area contributed by atoms with E-state index < -0.39 is 5.41 Å². The van der Waals surface area contributed by atoms with Gasteiger partial charge in [0.15, 0.2) is 0 Å². The number of rotatable bonds is 15. The largest absolute Gasteiger partial charge is 0.310 e. The Morgan fingerprint density at radius 1 is 0.344 bits per heavy atom. The number of hydrogen-bond donors (Lipinski definition) is 0. The van der Waals surface area contributed by atoms with Crippen LogP contribution in [0.5, 0.6) is 0 Å². The van der Waals surface area contributed by atoms with Crippen LogP contribution in [0.15, 0.2) is 188 Å². The molecule has 0 radical (unpaired) electrons. The summed E-state index contributed by atoms with van der Waals surface area (Å²) < 4.78 is 0. The highest BCUT2D eigenvalue weighted by molar-refractivity contribution is 5.97. The highest BCUT2D eigenvalue weighted by atomic mass is 15.1. The van der Waals surface area contributed by atoms with Crippen molar-refractivity contribution in [3.63, 3.8) is 0 Å². The van der Waals surface area contributed by atoms with E-state index in [0.29, 0.717) is 0 Å². The fourth-order valence-electron chi connectivity index (χ4n) is 11.3. The Morgan fingerprint density at radius 2 is 0.820 bits per heavy atom. The number of fused-ring (bicyclic) bond motifs is 7. The van der Waals surface area contributed by atoms with Crippen LogP contribution in [0.2, 0.25) is 0 Å². The molecule has 0 bridgehead atoms. The van der Waals surface area contributed by atoms with Crippen LogP contribution in [0.4, 0.5) is 17.1 Å². The van der Waals surface area contributed by atoms with Gasteiger partial charge in [-0.25, -0.2) is 0 Å². The lowest BCUT2D eigenvalue weighted by Gasteiger charge is -2.35. The third-order valence-corrected chi connectivity index (χ3v) is 14.1. The van der Waals surface area contributed by atoms with Crippen LogP contribution in [-0.2, 0) is 10.8 Å². The molecule has 302 valence electrons. The molecule has 0 N–H and O–H groups in total. The summed E-state index contributed by atoms with van der Waals surface area (Å²) >= 11 is 0. The molecular formula is C60H57N. The highest BCUT2D eigenvalue weighted by Gasteiger charge is 2.47. The molecule has 0 saturated heterocycles. The van der Waals surface area contributed by atoms with Gasteiger partial charge in [0.1, 0.15) is 0 Å². The quantitative estimate of drug-likeness (QED) is 0.0935. The van der Waals surface area contributed by atoms with Crippen molar-refractivity contribution in [1.29, 1.82) is 0 Å². The molecule has 0 saturated carbocycles. The molecule has 2 aliphatic carbocycles. The summed E-state index contributed by atoms with van der Waals surface area (Å²) in [6, 6.07) is 71.4. The molecule has 0 aliphatic heterocycles. The molecule has 0 heterocycles. The molecule has 8 aromatic carbocycles. The first-order valence-electron chi connectivity index (χ1n) is 23.1. The number of benzene rings is 8. The summed E-state index contributed by atoms with van der Waals surface area (Å²) in [5.41, 5.74) is 16.8. The Labute approximate surface area is 363 Å². The number of nitrogens with zero attached hydrogens (tertiary/aromatic N) is 1. The summed E-state index contributed by atoms with van der Waals surface area (Å²) in [5.74, 6) is 0. The molecule has 0 fully saturated rings. The Morgan fingerprint density at radius 3 is 1.43 bits per heavy atom. The summed E-state index contributed by atoms with van der Waals surface area (Å²) in [7, 11) is 0. The van der Waals surface area contributed by atoms with Crippen LogP contribution in [-0.4, -0.2) is 0 Å². The first-order chi connectivity index (χ1) is 30.2. The predicted octanol–water partition coefficient (Wildman–Crippen LogP) is 16.9. The summed E-state index contributed by atoms with van der Waals surface area (Å²) in [5, 5.41) is 2.54. The van der Waals surface area contributed by atoms with Gasteiger partial charge in [0.05, 0.1) is 5.41 Å². The maximum Gasteiger partial charge on any atom is 0.0714 e. The molecule has 1 nitrogen and oxygen atoms in total. The number of hydrogen-bond acceptors (Lipinski definition) is 1. The lowest BCUT2D eigenvalue weighted by atomic mass is 9.67. The van der Waals surface area contributed by atoms with Gasteiger partial charge < -0.3 is 4.90 Å². The van der Waals surface area contributed by atoms with Gasteiger partial charge in [0.25, 0.3) is 0 Å². The van der Waals surface area contributed by atoms with E-state index in [1.165, 1.54) is 142 Å². The first-order valence-corrected chi connectivity index (χ1v) is 23.1. The second-order valence-corrected chi connectivity index (χ2v) is 17.6. The normalized spacial score (nSPS) is 14.0. The molecule has 10 rings (SSSR count). The van der Waals surface area contributed by atoms with E-state index in [4.69, 9.17) is 0 Å². The van der Waals surface area contributed by atoms with Crippen LogP contribution < -0.4 is 4.90 Å². The monoisotopic (exact) mass is 791 g/mol. The average Bonchev–Trinajstić information content (AvgIpc) is 3.76. The number of para-hydroxylation sites is 1. The Bertz CT molecular complexity index is 2730. The lowest BCUT2D eigenvalue weighted by molar-refractivity contribution is 0.401. The number of unbranched alkanes of at least 4 members (excludes halogenated alkanes) is 6. The SMILES string of the molecule is CCCCCCC1(CCCCCC)c2ccccc2-c2ccc(N(c3ccccc3)c3ccc4c(c3)C(c3ccccc3)(c3ccccc3)c3cc5ccccc5cc3-4)cc21. The van der Waals surface area contributed by atoms with Gasteiger partial charge in [-0.05, 0) is 128 Å². The van der Waals surface area contributed by atoms with Crippen LogP contribution >= 0.6 is 0 Å². The van der Waals surface area contributed by atoms with Gasteiger partial charge in [0, 0.05) is 22.5 Å². The van der Waals surface area contributed by atoms with E-state index >= 15 is 0 Å². The average molecular weight is 792 g/mol. The van der Waals surface area contributed by atoms with Crippen molar-refractivity contribution in [3.8, 4) is 22.3 Å².